The van der Waals surface area contributed by atoms with Gasteiger partial charge in [0.05, 0.1) is 10.3 Å². The first kappa shape index (κ1) is 16.8. The van der Waals surface area contributed by atoms with Crippen molar-refractivity contribution in [3.05, 3.63) is 76.6 Å². The van der Waals surface area contributed by atoms with Gasteiger partial charge in [-0.15, -0.1) is 11.3 Å². The number of hydrogen-bond donors (Lipinski definition) is 0. The minimum atomic E-state index is -0.564. The lowest BCUT2D eigenvalue weighted by Gasteiger charge is -2.06. The molecule has 0 amide bonds. The number of ether oxygens (including phenoxy) is 1. The van der Waals surface area contributed by atoms with Crippen LogP contribution in [0.3, 0.4) is 0 Å². The molecule has 0 saturated heterocycles. The minimum Gasteiger partial charge on any atom is -0.431 e. The summed E-state index contributed by atoms with van der Waals surface area (Å²) in [5.41, 5.74) is 1.06. The fourth-order valence-corrected chi connectivity index (χ4v) is 3.60. The number of thiophene rings is 1. The molecule has 7 nitrogen and oxygen atoms in total. The number of nitrogens with zero attached hydrogens (tertiary/aromatic N) is 3. The van der Waals surface area contributed by atoms with Gasteiger partial charge in [0.25, 0.3) is 0 Å². The number of rotatable bonds is 5. The van der Waals surface area contributed by atoms with Crippen LogP contribution in [0.1, 0.15) is 10.4 Å². The quantitative estimate of drug-likeness (QED) is 0.280. The molecular formula is C19H11N3O4S. The predicted molar refractivity (Wildman–Crippen MR) is 101 cm³/mol. The van der Waals surface area contributed by atoms with Crippen LogP contribution < -0.4 is 4.74 Å². The molecule has 0 saturated carbocycles. The average molecular weight is 377 g/mol. The topological polar surface area (TPSA) is 95.2 Å². The van der Waals surface area contributed by atoms with Gasteiger partial charge in [0.1, 0.15) is 17.4 Å². The molecule has 0 unspecified atom stereocenters. The Morgan fingerprint density at radius 1 is 1.07 bits per heavy atom. The second kappa shape index (κ2) is 6.93. The van der Waals surface area contributed by atoms with Crippen molar-refractivity contribution in [1.29, 1.82) is 0 Å². The summed E-state index contributed by atoms with van der Waals surface area (Å²) in [6.45, 7) is 0. The van der Waals surface area contributed by atoms with Crippen molar-refractivity contribution in [3.8, 4) is 22.1 Å². The average Bonchev–Trinajstić information content (AvgIpc) is 3.14. The van der Waals surface area contributed by atoms with Gasteiger partial charge in [-0.25, -0.2) is 9.97 Å². The van der Waals surface area contributed by atoms with E-state index in [1.807, 2.05) is 36.4 Å². The molecule has 8 heteroatoms. The molecule has 0 aliphatic heterocycles. The smallest absolute Gasteiger partial charge is 0.311 e. The highest BCUT2D eigenvalue weighted by molar-refractivity contribution is 7.21. The lowest BCUT2D eigenvalue weighted by Crippen LogP contribution is -1.96. The van der Waals surface area contributed by atoms with Gasteiger partial charge in [-0.3, -0.25) is 14.9 Å². The Bertz CT molecular complexity index is 1160. The zero-order valence-corrected chi connectivity index (χ0v) is 14.6. The second-order valence-corrected chi connectivity index (χ2v) is 6.61. The van der Waals surface area contributed by atoms with Gasteiger partial charge in [0.15, 0.2) is 0 Å². The highest BCUT2D eigenvalue weighted by Gasteiger charge is 2.19. The summed E-state index contributed by atoms with van der Waals surface area (Å²) < 4.78 is 5.73. The molecular weight excluding hydrogens is 366 g/mol. The molecule has 0 aliphatic rings. The first-order valence-corrected chi connectivity index (χ1v) is 8.69. The van der Waals surface area contributed by atoms with E-state index in [2.05, 4.69) is 9.97 Å². The molecule has 0 bridgehead atoms. The molecule has 0 spiro atoms. The number of carbonyl (C=O) groups is 1. The van der Waals surface area contributed by atoms with E-state index < -0.39 is 4.92 Å². The third kappa shape index (κ3) is 3.25. The summed E-state index contributed by atoms with van der Waals surface area (Å²) in [4.78, 5) is 31.8. The zero-order chi connectivity index (χ0) is 18.8. The lowest BCUT2D eigenvalue weighted by atomic mass is 10.2. The fraction of sp³-hybridized carbons (Fsp3) is 0. The summed E-state index contributed by atoms with van der Waals surface area (Å²) in [7, 11) is 0. The molecule has 27 heavy (non-hydrogen) atoms. The van der Waals surface area contributed by atoms with Crippen LogP contribution in [0, 0.1) is 10.1 Å². The summed E-state index contributed by atoms with van der Waals surface area (Å²) in [6.07, 6.45) is 1.95. The molecule has 2 heterocycles. The van der Waals surface area contributed by atoms with Crippen LogP contribution in [0.15, 0.2) is 60.9 Å². The maximum absolute atomic E-state index is 11.3. The Morgan fingerprint density at radius 2 is 1.89 bits per heavy atom. The minimum absolute atomic E-state index is 0.0444. The maximum Gasteiger partial charge on any atom is 0.311 e. The molecule has 0 aliphatic carbocycles. The van der Waals surface area contributed by atoms with E-state index in [0.717, 1.165) is 10.4 Å². The van der Waals surface area contributed by atoms with Gasteiger partial charge in [-0.1, -0.05) is 30.3 Å². The molecule has 0 radical (unpaired) electrons. The van der Waals surface area contributed by atoms with Gasteiger partial charge in [-0.05, 0) is 23.8 Å². The van der Waals surface area contributed by atoms with Crippen LogP contribution in [0.25, 0.3) is 20.7 Å². The van der Waals surface area contributed by atoms with E-state index in [1.54, 1.807) is 0 Å². The van der Waals surface area contributed by atoms with E-state index in [9.17, 15) is 14.9 Å². The highest BCUT2D eigenvalue weighted by atomic mass is 32.1. The third-order valence-corrected chi connectivity index (χ3v) is 4.97. The molecule has 0 fully saturated rings. The Labute approximate surface area is 157 Å². The number of benzene rings is 2. The van der Waals surface area contributed by atoms with Crippen LogP contribution in [0.2, 0.25) is 0 Å². The van der Waals surface area contributed by atoms with Gasteiger partial charge in [0.2, 0.25) is 11.6 Å². The lowest BCUT2D eigenvalue weighted by molar-refractivity contribution is -0.385. The fourth-order valence-electron chi connectivity index (χ4n) is 2.60. The Kier molecular flexibility index (Phi) is 4.31. The molecule has 132 valence electrons. The Morgan fingerprint density at radius 3 is 2.63 bits per heavy atom. The summed E-state index contributed by atoms with van der Waals surface area (Å²) >= 11 is 1.47. The van der Waals surface area contributed by atoms with E-state index in [4.69, 9.17) is 4.74 Å². The number of aromatic nitrogens is 2. The summed E-state index contributed by atoms with van der Waals surface area (Å²) in [5, 5.41) is 11.9. The van der Waals surface area contributed by atoms with E-state index >= 15 is 0 Å². The van der Waals surface area contributed by atoms with Gasteiger partial charge in [-0.2, -0.15) is 0 Å². The molecule has 0 atom stereocenters. The van der Waals surface area contributed by atoms with Crippen molar-refractivity contribution in [2.24, 2.45) is 0 Å². The second-order valence-electron chi connectivity index (χ2n) is 5.58. The zero-order valence-electron chi connectivity index (χ0n) is 13.7. The van der Waals surface area contributed by atoms with Crippen molar-refractivity contribution in [2.75, 3.05) is 0 Å². The van der Waals surface area contributed by atoms with E-state index in [0.29, 0.717) is 16.5 Å². The summed E-state index contributed by atoms with van der Waals surface area (Å²) in [6, 6.07) is 15.6. The number of fused-ring (bicyclic) bond motifs is 1. The predicted octanol–water partition coefficient (Wildman–Crippen LogP) is 4.87. The van der Waals surface area contributed by atoms with Crippen molar-refractivity contribution in [1.82, 2.24) is 9.97 Å². The van der Waals surface area contributed by atoms with Crippen LogP contribution in [-0.2, 0) is 0 Å². The monoisotopic (exact) mass is 377 g/mol. The number of nitro groups is 1. The van der Waals surface area contributed by atoms with Crippen LogP contribution in [-0.4, -0.2) is 21.2 Å². The molecule has 4 aromatic rings. The van der Waals surface area contributed by atoms with Crippen molar-refractivity contribution in [2.45, 2.75) is 0 Å². The van der Waals surface area contributed by atoms with Crippen molar-refractivity contribution < 1.29 is 14.5 Å². The van der Waals surface area contributed by atoms with Crippen LogP contribution >= 0.6 is 11.3 Å². The molecule has 2 aromatic carbocycles. The first-order chi connectivity index (χ1) is 13.2. The maximum atomic E-state index is 11.3. The Hall–Kier alpha value is -3.65. The van der Waals surface area contributed by atoms with Gasteiger partial charge < -0.3 is 4.74 Å². The summed E-state index contributed by atoms with van der Waals surface area (Å²) in [5.74, 6) is 0.154. The standard InChI is InChI=1S/C19H11N3O4S/c23-10-12-6-7-15(22(24)25)16(8-12)26-18-14-9-17(13-4-2-1-3-5-13)27-19(14)21-11-20-18/h1-11H. The first-order valence-electron chi connectivity index (χ1n) is 7.87. The van der Waals surface area contributed by atoms with E-state index in [-0.39, 0.29) is 22.9 Å². The number of hydrogen-bond acceptors (Lipinski definition) is 7. The van der Waals surface area contributed by atoms with Crippen LogP contribution in [0.5, 0.6) is 11.6 Å². The highest BCUT2D eigenvalue weighted by Crippen LogP contribution is 2.39. The Balaban J connectivity index is 1.80. The van der Waals surface area contributed by atoms with Crippen molar-refractivity contribution >= 4 is 33.5 Å². The van der Waals surface area contributed by atoms with E-state index in [1.165, 1.54) is 35.9 Å². The normalized spacial score (nSPS) is 10.7. The number of nitro benzene ring substituents is 1. The van der Waals surface area contributed by atoms with Crippen molar-refractivity contribution in [3.63, 3.8) is 0 Å². The molecule has 0 N–H and O–H groups in total. The number of aldehydes is 1. The molecule has 4 rings (SSSR count). The van der Waals surface area contributed by atoms with Crippen LogP contribution in [0.4, 0.5) is 5.69 Å². The molecule has 2 aromatic heterocycles. The largest absolute Gasteiger partial charge is 0.431 e. The number of carbonyl (C=O) groups excluding carboxylic acids is 1. The third-order valence-electron chi connectivity index (χ3n) is 3.87. The van der Waals surface area contributed by atoms with Gasteiger partial charge in [0, 0.05) is 16.5 Å². The SMILES string of the molecule is O=Cc1ccc([N+](=O)[O-])c(Oc2ncnc3sc(-c4ccccc4)cc23)c1. The van der Waals surface area contributed by atoms with Gasteiger partial charge >= 0.3 is 5.69 Å².